The molecule has 1 amide bonds. The lowest BCUT2D eigenvalue weighted by Crippen LogP contribution is -2.45. The molecule has 2 unspecified atom stereocenters. The number of amides is 1. The van der Waals surface area contributed by atoms with Crippen molar-refractivity contribution in [2.75, 3.05) is 19.3 Å². The summed E-state index contributed by atoms with van der Waals surface area (Å²) < 4.78 is 11.2. The molecule has 2 atom stereocenters. The third-order valence-electron chi connectivity index (χ3n) is 3.19. The van der Waals surface area contributed by atoms with E-state index in [1.54, 1.807) is 12.3 Å². The minimum absolute atomic E-state index is 0.0440. The summed E-state index contributed by atoms with van der Waals surface area (Å²) in [7, 11) is -0.886. The number of piperidine rings is 1. The lowest BCUT2D eigenvalue weighted by atomic mass is 10.1. The van der Waals surface area contributed by atoms with Crippen molar-refractivity contribution < 1.29 is 9.00 Å². The third kappa shape index (κ3) is 4.44. The molecule has 104 valence electrons. The quantitative estimate of drug-likeness (QED) is 0.866. The highest BCUT2D eigenvalue weighted by molar-refractivity contribution is 7.83. The zero-order chi connectivity index (χ0) is 13.7. The van der Waals surface area contributed by atoms with Crippen LogP contribution in [0.4, 0.5) is 0 Å². The van der Waals surface area contributed by atoms with Crippen molar-refractivity contribution in [2.24, 2.45) is 0 Å². The fraction of sp³-hybridized carbons (Fsp3) is 0.500. The average Bonchev–Trinajstić information content (AvgIpc) is 2.39. The van der Waals surface area contributed by atoms with Crippen molar-refractivity contribution in [3.63, 3.8) is 0 Å². The summed E-state index contributed by atoms with van der Waals surface area (Å²) >= 11 is 0. The summed E-state index contributed by atoms with van der Waals surface area (Å²) in [6.45, 7) is 1.87. The topological polar surface area (TPSA) is 58.2 Å². The first kappa shape index (κ1) is 14.2. The summed E-state index contributed by atoms with van der Waals surface area (Å²) in [5.41, 5.74) is 1.59. The van der Waals surface area contributed by atoms with E-state index in [1.165, 1.54) is 0 Å². The molecule has 2 rings (SSSR count). The van der Waals surface area contributed by atoms with E-state index in [2.05, 4.69) is 10.6 Å². The predicted octanol–water partition coefficient (Wildman–Crippen LogP) is 1.05. The smallest absolute Gasteiger partial charge is 0.251 e. The Morgan fingerprint density at radius 2 is 2.37 bits per heavy atom. The van der Waals surface area contributed by atoms with Crippen LogP contribution in [0.2, 0.25) is 0 Å². The van der Waals surface area contributed by atoms with Crippen molar-refractivity contribution in [3.8, 4) is 0 Å². The SMILES string of the molecule is CS(=O)Cc1cccc(C(=O)NC2CCCNC2)c1. The summed E-state index contributed by atoms with van der Waals surface area (Å²) in [6, 6.07) is 7.59. The van der Waals surface area contributed by atoms with Crippen LogP contribution in [-0.4, -0.2) is 35.5 Å². The van der Waals surface area contributed by atoms with E-state index in [-0.39, 0.29) is 11.9 Å². The number of hydrogen-bond donors (Lipinski definition) is 2. The van der Waals surface area contributed by atoms with Gasteiger partial charge in [0.05, 0.1) is 0 Å². The Labute approximate surface area is 116 Å². The Morgan fingerprint density at radius 1 is 1.53 bits per heavy atom. The van der Waals surface area contributed by atoms with Crippen LogP contribution < -0.4 is 10.6 Å². The van der Waals surface area contributed by atoms with E-state index in [1.807, 2.05) is 18.2 Å². The minimum atomic E-state index is -0.886. The van der Waals surface area contributed by atoms with Crippen molar-refractivity contribution >= 4 is 16.7 Å². The molecule has 0 saturated carbocycles. The molecule has 1 heterocycles. The van der Waals surface area contributed by atoms with Gasteiger partial charge in [-0.2, -0.15) is 0 Å². The standard InChI is InChI=1S/C14H20N2O2S/c1-19(18)10-11-4-2-5-12(8-11)14(17)16-13-6-3-7-15-9-13/h2,4-5,8,13,15H,3,6-7,9-10H2,1H3,(H,16,17). The van der Waals surface area contributed by atoms with E-state index in [0.717, 1.165) is 31.5 Å². The molecule has 0 radical (unpaired) electrons. The van der Waals surface area contributed by atoms with Crippen LogP contribution in [0.1, 0.15) is 28.8 Å². The zero-order valence-electron chi connectivity index (χ0n) is 11.1. The Bertz CT molecular complexity index is 470. The maximum absolute atomic E-state index is 12.1. The molecule has 0 spiro atoms. The van der Waals surface area contributed by atoms with Gasteiger partial charge >= 0.3 is 0 Å². The third-order valence-corrected chi connectivity index (χ3v) is 3.93. The number of carbonyl (C=O) groups is 1. The van der Waals surface area contributed by atoms with Crippen molar-refractivity contribution in [3.05, 3.63) is 35.4 Å². The van der Waals surface area contributed by atoms with Gasteiger partial charge in [-0.15, -0.1) is 0 Å². The van der Waals surface area contributed by atoms with Gasteiger partial charge in [-0.05, 0) is 37.1 Å². The highest BCUT2D eigenvalue weighted by Gasteiger charge is 2.16. The molecule has 0 aliphatic carbocycles. The van der Waals surface area contributed by atoms with Crippen LogP contribution in [0.15, 0.2) is 24.3 Å². The van der Waals surface area contributed by atoms with E-state index in [0.29, 0.717) is 11.3 Å². The van der Waals surface area contributed by atoms with Gasteiger partial charge in [0.2, 0.25) is 0 Å². The molecule has 1 aromatic carbocycles. The highest BCUT2D eigenvalue weighted by atomic mass is 32.2. The summed E-state index contributed by atoms with van der Waals surface area (Å²) in [5, 5.41) is 6.31. The first-order chi connectivity index (χ1) is 9.15. The molecule has 19 heavy (non-hydrogen) atoms. The van der Waals surface area contributed by atoms with Crippen LogP contribution in [-0.2, 0) is 16.6 Å². The summed E-state index contributed by atoms with van der Waals surface area (Å²) in [5.74, 6) is 0.448. The van der Waals surface area contributed by atoms with Crippen molar-refractivity contribution in [1.82, 2.24) is 10.6 Å². The largest absolute Gasteiger partial charge is 0.348 e. The fourth-order valence-electron chi connectivity index (χ4n) is 2.28. The molecule has 1 saturated heterocycles. The van der Waals surface area contributed by atoms with E-state index in [4.69, 9.17) is 0 Å². The molecular formula is C14H20N2O2S. The first-order valence-electron chi connectivity index (χ1n) is 6.55. The molecule has 1 aliphatic heterocycles. The molecular weight excluding hydrogens is 260 g/mol. The summed E-state index contributed by atoms with van der Waals surface area (Å²) in [6.07, 6.45) is 3.79. The number of benzene rings is 1. The van der Waals surface area contributed by atoms with Gasteiger partial charge in [-0.3, -0.25) is 9.00 Å². The van der Waals surface area contributed by atoms with Gasteiger partial charge in [0.1, 0.15) is 0 Å². The Kier molecular flexibility index (Phi) is 5.10. The molecule has 5 heteroatoms. The molecule has 1 fully saturated rings. The van der Waals surface area contributed by atoms with Crippen LogP contribution in [0.5, 0.6) is 0 Å². The van der Waals surface area contributed by atoms with Crippen LogP contribution in [0.25, 0.3) is 0 Å². The van der Waals surface area contributed by atoms with Gasteiger partial charge < -0.3 is 10.6 Å². The fourth-order valence-corrected chi connectivity index (χ4v) is 2.93. The number of nitrogens with one attached hydrogen (secondary N) is 2. The van der Waals surface area contributed by atoms with E-state index >= 15 is 0 Å². The predicted molar refractivity (Wildman–Crippen MR) is 77.6 cm³/mol. The minimum Gasteiger partial charge on any atom is -0.348 e. The molecule has 0 bridgehead atoms. The average molecular weight is 280 g/mol. The number of carbonyl (C=O) groups excluding carboxylic acids is 1. The molecule has 2 N–H and O–H groups in total. The second-order valence-corrected chi connectivity index (χ2v) is 6.37. The van der Waals surface area contributed by atoms with Crippen LogP contribution >= 0.6 is 0 Å². The zero-order valence-corrected chi connectivity index (χ0v) is 12.0. The monoisotopic (exact) mass is 280 g/mol. The van der Waals surface area contributed by atoms with Crippen LogP contribution in [0, 0.1) is 0 Å². The lowest BCUT2D eigenvalue weighted by molar-refractivity contribution is 0.0930. The molecule has 0 aromatic heterocycles. The second-order valence-electron chi connectivity index (χ2n) is 4.93. The Morgan fingerprint density at radius 3 is 3.05 bits per heavy atom. The lowest BCUT2D eigenvalue weighted by Gasteiger charge is -2.23. The van der Waals surface area contributed by atoms with E-state index < -0.39 is 10.8 Å². The van der Waals surface area contributed by atoms with Gasteiger partial charge in [0.15, 0.2) is 0 Å². The maximum atomic E-state index is 12.1. The van der Waals surface area contributed by atoms with Gasteiger partial charge in [-0.1, -0.05) is 12.1 Å². The second kappa shape index (κ2) is 6.82. The normalized spacial score (nSPS) is 20.8. The Balaban J connectivity index is 1.99. The molecule has 1 aromatic rings. The summed E-state index contributed by atoms with van der Waals surface area (Å²) in [4.78, 5) is 12.1. The Hall–Kier alpha value is -1.20. The van der Waals surface area contributed by atoms with Gasteiger partial charge in [0.25, 0.3) is 5.91 Å². The number of hydrogen-bond acceptors (Lipinski definition) is 3. The highest BCUT2D eigenvalue weighted by Crippen LogP contribution is 2.09. The van der Waals surface area contributed by atoms with Gasteiger partial charge in [-0.25, -0.2) is 0 Å². The van der Waals surface area contributed by atoms with Crippen LogP contribution in [0.3, 0.4) is 0 Å². The van der Waals surface area contributed by atoms with Crippen molar-refractivity contribution in [2.45, 2.75) is 24.6 Å². The molecule has 1 aliphatic rings. The molecule has 4 nitrogen and oxygen atoms in total. The number of rotatable bonds is 4. The first-order valence-corrected chi connectivity index (χ1v) is 8.28. The maximum Gasteiger partial charge on any atom is 0.251 e. The van der Waals surface area contributed by atoms with Crippen molar-refractivity contribution in [1.29, 1.82) is 0 Å². The van der Waals surface area contributed by atoms with E-state index in [9.17, 15) is 9.00 Å². The van der Waals surface area contributed by atoms with Gasteiger partial charge in [0, 0.05) is 41.0 Å².